The van der Waals surface area contributed by atoms with Gasteiger partial charge in [-0.2, -0.15) is 0 Å². The average molecular weight is 352 g/mol. The van der Waals surface area contributed by atoms with Gasteiger partial charge in [-0.05, 0) is 67.4 Å². The summed E-state index contributed by atoms with van der Waals surface area (Å²) in [6.07, 6.45) is 6.18. The minimum absolute atomic E-state index is 0.126. The van der Waals surface area contributed by atoms with Crippen LogP contribution in [-0.2, 0) is 6.54 Å². The van der Waals surface area contributed by atoms with E-state index in [1.165, 1.54) is 43.7 Å². The summed E-state index contributed by atoms with van der Waals surface area (Å²) in [6.45, 7) is 9.88. The van der Waals surface area contributed by atoms with Crippen molar-refractivity contribution in [2.24, 2.45) is 11.8 Å². The maximum absolute atomic E-state index is 4.73. The molecule has 3 rings (SSSR count). The van der Waals surface area contributed by atoms with Gasteiger partial charge >= 0.3 is 0 Å². The van der Waals surface area contributed by atoms with Crippen LogP contribution in [0.15, 0.2) is 16.7 Å². The van der Waals surface area contributed by atoms with Crippen molar-refractivity contribution >= 4 is 21.7 Å². The second-order valence-electron chi connectivity index (χ2n) is 7.60. The molecule has 0 bridgehead atoms. The number of nitrogens with zero attached hydrogens (tertiary/aromatic N) is 2. The predicted molar refractivity (Wildman–Crippen MR) is 91.6 cm³/mol. The summed E-state index contributed by atoms with van der Waals surface area (Å²) < 4.78 is 1.07. The second-order valence-corrected chi connectivity index (χ2v) is 8.51. The molecule has 0 aromatic carbocycles. The quantitative estimate of drug-likeness (QED) is 0.892. The van der Waals surface area contributed by atoms with Gasteiger partial charge in [-0.25, -0.2) is 4.98 Å². The van der Waals surface area contributed by atoms with Crippen LogP contribution in [0.2, 0.25) is 0 Å². The maximum atomic E-state index is 4.73. The van der Waals surface area contributed by atoms with Gasteiger partial charge in [-0.3, -0.25) is 0 Å². The van der Waals surface area contributed by atoms with Crippen LogP contribution in [0.3, 0.4) is 0 Å². The largest absolute Gasteiger partial charge is 0.356 e. The minimum Gasteiger partial charge on any atom is -0.356 e. The van der Waals surface area contributed by atoms with Gasteiger partial charge in [0.05, 0.1) is 0 Å². The molecule has 1 N–H and O–H groups in total. The lowest BCUT2D eigenvalue weighted by atomic mass is 10.0. The lowest BCUT2D eigenvalue weighted by Gasteiger charge is -2.25. The number of halogens is 1. The number of nitrogens with one attached hydrogen (secondary N) is 1. The van der Waals surface area contributed by atoms with E-state index in [0.29, 0.717) is 0 Å². The Labute approximate surface area is 136 Å². The molecule has 3 nitrogen and oxygen atoms in total. The third-order valence-electron chi connectivity index (χ3n) is 4.74. The smallest absolute Gasteiger partial charge is 0.133 e. The summed E-state index contributed by atoms with van der Waals surface area (Å²) in [4.78, 5) is 7.24. The third-order valence-corrected chi connectivity index (χ3v) is 5.18. The van der Waals surface area contributed by atoms with Gasteiger partial charge in [0.25, 0.3) is 0 Å². The fourth-order valence-electron chi connectivity index (χ4n) is 3.66. The van der Waals surface area contributed by atoms with Crippen molar-refractivity contribution < 1.29 is 0 Å². The molecule has 2 aliphatic rings. The molecule has 1 saturated heterocycles. The molecule has 4 heteroatoms. The number of hydrogen-bond donors (Lipinski definition) is 1. The lowest BCUT2D eigenvalue weighted by molar-refractivity contribution is 0.424. The first-order valence-electron chi connectivity index (χ1n) is 8.07. The first kappa shape index (κ1) is 15.3. The Hall–Kier alpha value is -0.610. The van der Waals surface area contributed by atoms with Gasteiger partial charge < -0.3 is 10.2 Å². The monoisotopic (exact) mass is 351 g/mol. The zero-order valence-electron chi connectivity index (χ0n) is 13.3. The molecule has 1 aliphatic carbocycles. The molecule has 21 heavy (non-hydrogen) atoms. The lowest BCUT2D eigenvalue weighted by Crippen LogP contribution is -2.36. The highest BCUT2D eigenvalue weighted by molar-refractivity contribution is 9.10. The first-order chi connectivity index (χ1) is 9.92. The SMILES string of the molecule is CC(C)(C)NCc1cc(Br)cnc1N1CC2CCCC2C1. The van der Waals surface area contributed by atoms with Gasteiger partial charge in [0.15, 0.2) is 0 Å². The molecule has 0 radical (unpaired) electrons. The van der Waals surface area contributed by atoms with E-state index in [1.54, 1.807) is 0 Å². The van der Waals surface area contributed by atoms with Crippen molar-refractivity contribution in [2.75, 3.05) is 18.0 Å². The summed E-state index contributed by atoms with van der Waals surface area (Å²) in [5.41, 5.74) is 1.43. The molecule has 2 unspecified atom stereocenters. The highest BCUT2D eigenvalue weighted by atomic mass is 79.9. The van der Waals surface area contributed by atoms with Gasteiger partial charge in [0, 0.05) is 41.4 Å². The van der Waals surface area contributed by atoms with E-state index < -0.39 is 0 Å². The number of anilines is 1. The third kappa shape index (κ3) is 3.59. The van der Waals surface area contributed by atoms with Crippen molar-refractivity contribution in [2.45, 2.75) is 52.1 Å². The molecule has 2 heterocycles. The van der Waals surface area contributed by atoms with Crippen LogP contribution in [0.4, 0.5) is 5.82 Å². The fraction of sp³-hybridized carbons (Fsp3) is 0.706. The number of fused-ring (bicyclic) bond motifs is 1. The predicted octanol–water partition coefficient (Wildman–Crippen LogP) is 3.97. The molecule has 116 valence electrons. The van der Waals surface area contributed by atoms with Crippen LogP contribution in [0, 0.1) is 11.8 Å². The van der Waals surface area contributed by atoms with Gasteiger partial charge in [-0.1, -0.05) is 6.42 Å². The first-order valence-corrected chi connectivity index (χ1v) is 8.86. The summed E-state index contributed by atoms with van der Waals surface area (Å²) >= 11 is 3.57. The molecule has 1 saturated carbocycles. The average Bonchev–Trinajstić information content (AvgIpc) is 2.96. The van der Waals surface area contributed by atoms with Gasteiger partial charge in [0.1, 0.15) is 5.82 Å². The van der Waals surface area contributed by atoms with E-state index >= 15 is 0 Å². The zero-order chi connectivity index (χ0) is 15.0. The maximum Gasteiger partial charge on any atom is 0.133 e. The van der Waals surface area contributed by atoms with Crippen LogP contribution in [0.25, 0.3) is 0 Å². The fourth-order valence-corrected chi connectivity index (χ4v) is 4.04. The Morgan fingerprint density at radius 2 is 1.95 bits per heavy atom. The molecule has 0 amide bonds. The van der Waals surface area contributed by atoms with E-state index in [9.17, 15) is 0 Å². The highest BCUT2D eigenvalue weighted by Gasteiger charge is 2.37. The normalized spacial score (nSPS) is 25.4. The molecule has 1 aliphatic heterocycles. The van der Waals surface area contributed by atoms with Crippen molar-refractivity contribution in [1.82, 2.24) is 10.3 Å². The Morgan fingerprint density at radius 3 is 2.57 bits per heavy atom. The van der Waals surface area contributed by atoms with Crippen LogP contribution in [0.1, 0.15) is 45.6 Å². The Bertz CT molecular complexity index is 497. The molecular formula is C17H26BrN3. The van der Waals surface area contributed by atoms with Crippen LogP contribution < -0.4 is 10.2 Å². The van der Waals surface area contributed by atoms with E-state index in [2.05, 4.69) is 53.0 Å². The molecule has 2 fully saturated rings. The van der Waals surface area contributed by atoms with Crippen LogP contribution in [-0.4, -0.2) is 23.6 Å². The highest BCUT2D eigenvalue weighted by Crippen LogP contribution is 2.40. The Kier molecular flexibility index (Phi) is 4.28. The van der Waals surface area contributed by atoms with Crippen molar-refractivity contribution in [3.63, 3.8) is 0 Å². The molecule has 2 atom stereocenters. The van der Waals surface area contributed by atoms with Gasteiger partial charge in [-0.15, -0.1) is 0 Å². The van der Waals surface area contributed by atoms with Crippen LogP contribution >= 0.6 is 15.9 Å². The van der Waals surface area contributed by atoms with E-state index in [1.807, 2.05) is 6.20 Å². The van der Waals surface area contributed by atoms with Gasteiger partial charge in [0.2, 0.25) is 0 Å². The summed E-state index contributed by atoms with van der Waals surface area (Å²) in [5.74, 6) is 2.99. The minimum atomic E-state index is 0.126. The van der Waals surface area contributed by atoms with E-state index in [0.717, 1.165) is 22.9 Å². The molecule has 0 spiro atoms. The number of pyridine rings is 1. The molecule has 1 aromatic rings. The number of aromatic nitrogens is 1. The van der Waals surface area contributed by atoms with Crippen LogP contribution in [0.5, 0.6) is 0 Å². The molecular weight excluding hydrogens is 326 g/mol. The molecule has 1 aromatic heterocycles. The van der Waals surface area contributed by atoms with Crippen molar-refractivity contribution in [1.29, 1.82) is 0 Å². The Balaban J connectivity index is 1.78. The zero-order valence-corrected chi connectivity index (χ0v) is 14.9. The summed E-state index contributed by atoms with van der Waals surface area (Å²) in [6, 6.07) is 2.22. The number of hydrogen-bond acceptors (Lipinski definition) is 3. The standard InChI is InChI=1S/C17H26BrN3/c1-17(2,3)20-8-14-7-15(18)9-19-16(14)21-10-12-5-4-6-13(12)11-21/h7,9,12-13,20H,4-6,8,10-11H2,1-3H3. The van der Waals surface area contributed by atoms with E-state index in [-0.39, 0.29) is 5.54 Å². The second kappa shape index (κ2) is 5.88. The topological polar surface area (TPSA) is 28.2 Å². The number of rotatable bonds is 3. The van der Waals surface area contributed by atoms with Crippen molar-refractivity contribution in [3.05, 3.63) is 22.3 Å². The Morgan fingerprint density at radius 1 is 1.29 bits per heavy atom. The summed E-state index contributed by atoms with van der Waals surface area (Å²) in [7, 11) is 0. The van der Waals surface area contributed by atoms with Crippen molar-refractivity contribution in [3.8, 4) is 0 Å². The van der Waals surface area contributed by atoms with E-state index in [4.69, 9.17) is 4.98 Å². The summed E-state index contributed by atoms with van der Waals surface area (Å²) in [5, 5.41) is 3.59.